The van der Waals surface area contributed by atoms with Crippen molar-refractivity contribution in [1.82, 2.24) is 5.32 Å². The summed E-state index contributed by atoms with van der Waals surface area (Å²) in [5, 5.41) is 13.4. The van der Waals surface area contributed by atoms with Gasteiger partial charge >= 0.3 is 0 Å². The third-order valence-corrected chi connectivity index (χ3v) is 3.90. The lowest BCUT2D eigenvalue weighted by molar-refractivity contribution is 0.109. The summed E-state index contributed by atoms with van der Waals surface area (Å²) in [5.74, 6) is 0.769. The minimum Gasteiger partial charge on any atom is -0.394 e. The van der Waals surface area contributed by atoms with Crippen molar-refractivity contribution >= 4 is 23.2 Å². The number of rotatable bonds is 4. The van der Waals surface area contributed by atoms with E-state index in [-0.39, 0.29) is 12.1 Å². The fourth-order valence-corrected chi connectivity index (χ4v) is 2.16. The molecule has 0 aromatic heterocycles. The minimum absolute atomic E-state index is 0.146. The predicted octanol–water partition coefficient (Wildman–Crippen LogP) is 2.84. The fraction of sp³-hybridized carbons (Fsp3) is 0.818. The van der Waals surface area contributed by atoms with Crippen LogP contribution in [0.4, 0.5) is 0 Å². The highest BCUT2D eigenvalue weighted by Gasteiger charge is 2.32. The highest BCUT2D eigenvalue weighted by molar-refractivity contribution is 6.36. The van der Waals surface area contributed by atoms with Gasteiger partial charge in [-0.1, -0.05) is 30.1 Å². The molecule has 4 heteroatoms. The Bertz CT molecular complexity index is 223. The Labute approximate surface area is 102 Å². The fourth-order valence-electron chi connectivity index (χ4n) is 2.02. The number of halogens is 2. The molecule has 0 saturated heterocycles. The first-order valence-corrected chi connectivity index (χ1v) is 6.24. The molecule has 2 N–H and O–H groups in total. The predicted molar refractivity (Wildman–Crippen MR) is 65.2 cm³/mol. The van der Waals surface area contributed by atoms with Gasteiger partial charge in [-0.3, -0.25) is 0 Å². The monoisotopic (exact) mass is 251 g/mol. The quantitative estimate of drug-likeness (QED) is 0.806. The van der Waals surface area contributed by atoms with Crippen molar-refractivity contribution in [2.24, 2.45) is 5.92 Å². The average Bonchev–Trinajstić information content (AvgIpc) is 2.28. The largest absolute Gasteiger partial charge is 0.394 e. The summed E-state index contributed by atoms with van der Waals surface area (Å²) in [5.41, 5.74) is 1.22. The van der Waals surface area contributed by atoms with Gasteiger partial charge in [0.05, 0.1) is 6.61 Å². The van der Waals surface area contributed by atoms with Crippen LogP contribution in [0, 0.1) is 5.92 Å². The third-order valence-electron chi connectivity index (χ3n) is 3.28. The zero-order valence-electron chi connectivity index (χ0n) is 9.10. The maximum Gasteiger partial charge on any atom is 0.0613 e. The molecule has 0 bridgehead atoms. The number of nitrogens with one attached hydrogen (secondary N) is 1. The summed E-state index contributed by atoms with van der Waals surface area (Å²) < 4.78 is 0. The number of aliphatic hydroxyl groups excluding tert-OH is 1. The highest BCUT2D eigenvalue weighted by Crippen LogP contribution is 2.31. The van der Waals surface area contributed by atoms with Gasteiger partial charge < -0.3 is 10.4 Å². The van der Waals surface area contributed by atoms with Crippen molar-refractivity contribution in [3.63, 3.8) is 0 Å². The van der Waals surface area contributed by atoms with Crippen molar-refractivity contribution in [2.75, 3.05) is 13.2 Å². The standard InChI is InChI=1S/C11H19Cl2NO/c1-9-2-4-11(8-15,5-3-9)14-7-10(13)6-12/h6,9,14-15H,2-5,7-8H2,1H3. The van der Waals surface area contributed by atoms with Gasteiger partial charge in [-0.05, 0) is 31.6 Å². The Morgan fingerprint density at radius 3 is 2.60 bits per heavy atom. The Kier molecular flexibility index (Phi) is 5.41. The second kappa shape index (κ2) is 6.09. The van der Waals surface area contributed by atoms with E-state index in [4.69, 9.17) is 23.2 Å². The number of hydrogen-bond acceptors (Lipinski definition) is 2. The maximum absolute atomic E-state index is 9.46. The zero-order chi connectivity index (χ0) is 11.3. The second-order valence-electron chi connectivity index (χ2n) is 4.53. The molecule has 0 aromatic rings. The van der Waals surface area contributed by atoms with Crippen LogP contribution in [-0.2, 0) is 0 Å². The summed E-state index contributed by atoms with van der Waals surface area (Å²) in [6.07, 6.45) is 4.35. The molecule has 0 spiro atoms. The smallest absolute Gasteiger partial charge is 0.0613 e. The zero-order valence-corrected chi connectivity index (χ0v) is 10.6. The molecule has 0 aliphatic heterocycles. The second-order valence-corrected chi connectivity index (χ2v) is 5.23. The molecule has 1 aliphatic carbocycles. The van der Waals surface area contributed by atoms with E-state index in [1.807, 2.05) is 0 Å². The molecule has 0 radical (unpaired) electrons. The van der Waals surface area contributed by atoms with E-state index in [2.05, 4.69) is 12.2 Å². The van der Waals surface area contributed by atoms with Gasteiger partial charge in [0, 0.05) is 22.7 Å². The highest BCUT2D eigenvalue weighted by atomic mass is 35.5. The SMILES string of the molecule is CC1CCC(CO)(NCC(Cl)=CCl)CC1. The molecule has 0 amide bonds. The van der Waals surface area contributed by atoms with E-state index in [0.29, 0.717) is 11.6 Å². The van der Waals surface area contributed by atoms with Crippen molar-refractivity contribution in [3.8, 4) is 0 Å². The van der Waals surface area contributed by atoms with Crippen molar-refractivity contribution < 1.29 is 5.11 Å². The summed E-state index contributed by atoms with van der Waals surface area (Å²) >= 11 is 11.3. The molecular formula is C11H19Cl2NO. The van der Waals surface area contributed by atoms with Crippen LogP contribution in [0.2, 0.25) is 0 Å². The molecule has 1 rings (SSSR count). The minimum atomic E-state index is -0.146. The van der Waals surface area contributed by atoms with Gasteiger partial charge in [0.2, 0.25) is 0 Å². The van der Waals surface area contributed by atoms with E-state index in [1.165, 1.54) is 5.54 Å². The first-order valence-electron chi connectivity index (χ1n) is 5.42. The first-order chi connectivity index (χ1) is 7.12. The summed E-state index contributed by atoms with van der Waals surface area (Å²) in [4.78, 5) is 0. The number of aliphatic hydroxyl groups is 1. The van der Waals surface area contributed by atoms with Gasteiger partial charge in [0.25, 0.3) is 0 Å². The lowest BCUT2D eigenvalue weighted by atomic mass is 9.77. The first kappa shape index (κ1) is 13.3. The van der Waals surface area contributed by atoms with E-state index in [0.717, 1.165) is 31.6 Å². The van der Waals surface area contributed by atoms with Crippen LogP contribution in [0.3, 0.4) is 0 Å². The normalized spacial score (nSPS) is 33.1. The van der Waals surface area contributed by atoms with Gasteiger partial charge in [0.15, 0.2) is 0 Å². The molecular weight excluding hydrogens is 233 g/mol. The molecule has 0 unspecified atom stereocenters. The Hall–Kier alpha value is 0.240. The molecule has 0 atom stereocenters. The van der Waals surface area contributed by atoms with Crippen molar-refractivity contribution in [2.45, 2.75) is 38.1 Å². The van der Waals surface area contributed by atoms with Gasteiger partial charge in [-0.2, -0.15) is 0 Å². The van der Waals surface area contributed by atoms with Gasteiger partial charge in [0.1, 0.15) is 0 Å². The van der Waals surface area contributed by atoms with Crippen LogP contribution in [0.15, 0.2) is 10.6 Å². The van der Waals surface area contributed by atoms with Gasteiger partial charge in [-0.25, -0.2) is 0 Å². The molecule has 88 valence electrons. The van der Waals surface area contributed by atoms with E-state index in [9.17, 15) is 5.11 Å². The van der Waals surface area contributed by atoms with E-state index in [1.54, 1.807) is 0 Å². The Balaban J connectivity index is 2.46. The molecule has 0 aromatic carbocycles. The Morgan fingerprint density at radius 2 is 2.13 bits per heavy atom. The maximum atomic E-state index is 9.46. The van der Waals surface area contributed by atoms with Crippen LogP contribution < -0.4 is 5.32 Å². The van der Waals surface area contributed by atoms with Crippen molar-refractivity contribution in [3.05, 3.63) is 10.6 Å². The van der Waals surface area contributed by atoms with Crippen LogP contribution in [0.5, 0.6) is 0 Å². The third kappa shape index (κ3) is 3.95. The molecule has 1 fully saturated rings. The van der Waals surface area contributed by atoms with E-state index >= 15 is 0 Å². The summed E-state index contributed by atoms with van der Waals surface area (Å²) in [7, 11) is 0. The van der Waals surface area contributed by atoms with E-state index < -0.39 is 0 Å². The molecule has 1 aliphatic rings. The molecule has 0 heterocycles. The lowest BCUT2D eigenvalue weighted by Crippen LogP contribution is -2.51. The summed E-state index contributed by atoms with van der Waals surface area (Å²) in [6.45, 7) is 2.97. The average molecular weight is 252 g/mol. The van der Waals surface area contributed by atoms with Crippen LogP contribution in [-0.4, -0.2) is 23.8 Å². The van der Waals surface area contributed by atoms with Crippen LogP contribution in [0.1, 0.15) is 32.6 Å². The summed E-state index contributed by atoms with van der Waals surface area (Å²) in [6, 6.07) is 0. The van der Waals surface area contributed by atoms with Crippen LogP contribution >= 0.6 is 23.2 Å². The van der Waals surface area contributed by atoms with Gasteiger partial charge in [-0.15, -0.1) is 0 Å². The lowest BCUT2D eigenvalue weighted by Gasteiger charge is -2.39. The molecule has 2 nitrogen and oxygen atoms in total. The topological polar surface area (TPSA) is 32.3 Å². The van der Waals surface area contributed by atoms with Crippen molar-refractivity contribution in [1.29, 1.82) is 0 Å². The van der Waals surface area contributed by atoms with Crippen LogP contribution in [0.25, 0.3) is 0 Å². The Morgan fingerprint density at radius 1 is 1.53 bits per heavy atom. The molecule has 15 heavy (non-hydrogen) atoms. The number of hydrogen-bond donors (Lipinski definition) is 2. The molecule has 1 saturated carbocycles.